The van der Waals surface area contributed by atoms with Crippen LogP contribution in [0.5, 0.6) is 5.88 Å². The van der Waals surface area contributed by atoms with E-state index >= 15 is 0 Å². The van der Waals surface area contributed by atoms with Crippen molar-refractivity contribution in [3.8, 4) is 17.0 Å². The summed E-state index contributed by atoms with van der Waals surface area (Å²) in [6, 6.07) is 8.07. The summed E-state index contributed by atoms with van der Waals surface area (Å²) >= 11 is 0. The molecule has 0 aliphatic heterocycles. The number of carboxylic acids is 1. The molecule has 0 radical (unpaired) electrons. The van der Waals surface area contributed by atoms with E-state index in [9.17, 15) is 9.59 Å². The molecule has 1 heterocycles. The lowest BCUT2D eigenvalue weighted by Gasteiger charge is -2.07. The van der Waals surface area contributed by atoms with E-state index in [4.69, 9.17) is 9.84 Å². The molecule has 0 bridgehead atoms. The molecule has 0 spiro atoms. The standard InChI is InChI=1S/C15H13NO5/c1-20-13-12(14(17)18)7-11(8-16-13)9-3-5-10(6-4-9)15(19)21-2/h3-8H,1-2H3,(H,17,18). The van der Waals surface area contributed by atoms with Crippen LogP contribution in [0.3, 0.4) is 0 Å². The van der Waals surface area contributed by atoms with E-state index in [2.05, 4.69) is 9.72 Å². The van der Waals surface area contributed by atoms with Gasteiger partial charge in [0.15, 0.2) is 0 Å². The van der Waals surface area contributed by atoms with Crippen molar-refractivity contribution in [1.82, 2.24) is 4.98 Å². The number of aromatic carboxylic acids is 1. The zero-order valence-electron chi connectivity index (χ0n) is 11.5. The smallest absolute Gasteiger partial charge is 0.341 e. The summed E-state index contributed by atoms with van der Waals surface area (Å²) < 4.78 is 9.53. The zero-order valence-corrected chi connectivity index (χ0v) is 11.5. The Morgan fingerprint density at radius 1 is 1.10 bits per heavy atom. The lowest BCUT2D eigenvalue weighted by molar-refractivity contribution is 0.0599. The molecule has 2 aromatic rings. The van der Waals surface area contributed by atoms with Crippen molar-refractivity contribution in [3.05, 3.63) is 47.7 Å². The van der Waals surface area contributed by atoms with Crippen LogP contribution in [0.2, 0.25) is 0 Å². The normalized spacial score (nSPS) is 10.0. The number of hydrogen-bond acceptors (Lipinski definition) is 5. The number of carbonyl (C=O) groups is 2. The number of benzene rings is 1. The molecule has 0 atom stereocenters. The van der Waals surface area contributed by atoms with Gasteiger partial charge >= 0.3 is 11.9 Å². The molecule has 0 aliphatic carbocycles. The first-order valence-electron chi connectivity index (χ1n) is 6.03. The third-order valence-corrected chi connectivity index (χ3v) is 2.91. The van der Waals surface area contributed by atoms with E-state index in [1.807, 2.05) is 0 Å². The molecule has 0 aliphatic rings. The van der Waals surface area contributed by atoms with Gasteiger partial charge in [0.1, 0.15) is 5.56 Å². The second-order valence-electron chi connectivity index (χ2n) is 4.15. The average molecular weight is 287 g/mol. The fraction of sp³-hybridized carbons (Fsp3) is 0.133. The van der Waals surface area contributed by atoms with Crippen molar-refractivity contribution in [1.29, 1.82) is 0 Å². The van der Waals surface area contributed by atoms with Crippen LogP contribution in [0.15, 0.2) is 36.5 Å². The number of carboxylic acid groups (broad SMARTS) is 1. The average Bonchev–Trinajstić information content (AvgIpc) is 2.53. The SMILES string of the molecule is COC(=O)c1ccc(-c2cnc(OC)c(C(=O)O)c2)cc1. The predicted molar refractivity (Wildman–Crippen MR) is 74.5 cm³/mol. The number of methoxy groups -OCH3 is 2. The van der Waals surface area contributed by atoms with Crippen molar-refractivity contribution < 1.29 is 24.2 Å². The van der Waals surface area contributed by atoms with Crippen molar-refractivity contribution in [2.45, 2.75) is 0 Å². The third-order valence-electron chi connectivity index (χ3n) is 2.91. The molecule has 1 N–H and O–H groups in total. The molecule has 0 saturated heterocycles. The lowest BCUT2D eigenvalue weighted by atomic mass is 10.0. The maximum Gasteiger partial charge on any atom is 0.341 e. The van der Waals surface area contributed by atoms with E-state index in [0.717, 1.165) is 5.56 Å². The number of hydrogen-bond donors (Lipinski definition) is 1. The van der Waals surface area contributed by atoms with Crippen LogP contribution in [0, 0.1) is 0 Å². The quantitative estimate of drug-likeness (QED) is 0.868. The van der Waals surface area contributed by atoms with Crippen LogP contribution in [0.4, 0.5) is 0 Å². The van der Waals surface area contributed by atoms with E-state index in [0.29, 0.717) is 11.1 Å². The van der Waals surface area contributed by atoms with Gasteiger partial charge in [-0.05, 0) is 23.8 Å². The van der Waals surface area contributed by atoms with E-state index in [1.165, 1.54) is 26.5 Å². The highest BCUT2D eigenvalue weighted by atomic mass is 16.5. The Hall–Kier alpha value is -2.89. The number of nitrogens with zero attached hydrogens (tertiary/aromatic N) is 1. The molecule has 0 saturated carbocycles. The van der Waals surface area contributed by atoms with Crippen LogP contribution in [0.1, 0.15) is 20.7 Å². The highest BCUT2D eigenvalue weighted by molar-refractivity contribution is 5.92. The molecule has 108 valence electrons. The predicted octanol–water partition coefficient (Wildman–Crippen LogP) is 2.24. The number of ether oxygens (including phenoxy) is 2. The number of pyridine rings is 1. The zero-order chi connectivity index (χ0) is 15.4. The maximum absolute atomic E-state index is 11.4. The summed E-state index contributed by atoms with van der Waals surface area (Å²) in [5, 5.41) is 9.14. The van der Waals surface area contributed by atoms with Crippen molar-refractivity contribution in [2.75, 3.05) is 14.2 Å². The fourth-order valence-corrected chi connectivity index (χ4v) is 1.84. The Morgan fingerprint density at radius 3 is 2.29 bits per heavy atom. The highest BCUT2D eigenvalue weighted by Gasteiger charge is 2.14. The largest absolute Gasteiger partial charge is 0.480 e. The first kappa shape index (κ1) is 14.5. The highest BCUT2D eigenvalue weighted by Crippen LogP contribution is 2.24. The van der Waals surface area contributed by atoms with Gasteiger partial charge in [-0.3, -0.25) is 0 Å². The first-order chi connectivity index (χ1) is 10.1. The topological polar surface area (TPSA) is 85.7 Å². The Bertz CT molecular complexity index is 679. The summed E-state index contributed by atoms with van der Waals surface area (Å²) in [5.41, 5.74) is 1.75. The monoisotopic (exact) mass is 287 g/mol. The fourth-order valence-electron chi connectivity index (χ4n) is 1.84. The van der Waals surface area contributed by atoms with Gasteiger partial charge in [0.2, 0.25) is 5.88 Å². The molecular formula is C15H13NO5. The van der Waals surface area contributed by atoms with Gasteiger partial charge in [-0.25, -0.2) is 14.6 Å². The molecule has 0 amide bonds. The molecular weight excluding hydrogens is 274 g/mol. The minimum atomic E-state index is -1.12. The van der Waals surface area contributed by atoms with Gasteiger partial charge in [-0.15, -0.1) is 0 Å². The van der Waals surface area contributed by atoms with E-state index in [-0.39, 0.29) is 11.4 Å². The second-order valence-corrected chi connectivity index (χ2v) is 4.15. The Labute approximate surface area is 121 Å². The summed E-state index contributed by atoms with van der Waals surface area (Å²) in [5.74, 6) is -1.49. The molecule has 21 heavy (non-hydrogen) atoms. The molecule has 1 aromatic heterocycles. The molecule has 6 nitrogen and oxygen atoms in total. The summed E-state index contributed by atoms with van der Waals surface area (Å²) in [4.78, 5) is 26.5. The van der Waals surface area contributed by atoms with Crippen LogP contribution in [0.25, 0.3) is 11.1 Å². The number of esters is 1. The van der Waals surface area contributed by atoms with Gasteiger partial charge in [0.05, 0.1) is 19.8 Å². The molecule has 0 fully saturated rings. The number of carbonyl (C=O) groups excluding carboxylic acids is 1. The number of rotatable bonds is 4. The molecule has 0 unspecified atom stereocenters. The van der Waals surface area contributed by atoms with Gasteiger partial charge in [-0.1, -0.05) is 12.1 Å². The van der Waals surface area contributed by atoms with Gasteiger partial charge in [0.25, 0.3) is 0 Å². The van der Waals surface area contributed by atoms with Crippen LogP contribution >= 0.6 is 0 Å². The van der Waals surface area contributed by atoms with E-state index in [1.54, 1.807) is 24.3 Å². The first-order valence-corrected chi connectivity index (χ1v) is 6.03. The Kier molecular flexibility index (Phi) is 4.18. The van der Waals surface area contributed by atoms with Crippen molar-refractivity contribution in [3.63, 3.8) is 0 Å². The van der Waals surface area contributed by atoms with Crippen LogP contribution in [-0.4, -0.2) is 36.2 Å². The summed E-state index contributed by atoms with van der Waals surface area (Å²) in [7, 11) is 2.67. The van der Waals surface area contributed by atoms with Gasteiger partial charge in [-0.2, -0.15) is 0 Å². The minimum Gasteiger partial charge on any atom is -0.480 e. The lowest BCUT2D eigenvalue weighted by Crippen LogP contribution is -2.03. The van der Waals surface area contributed by atoms with Crippen LogP contribution < -0.4 is 4.74 Å². The van der Waals surface area contributed by atoms with Crippen LogP contribution in [-0.2, 0) is 4.74 Å². The summed E-state index contributed by atoms with van der Waals surface area (Å²) in [6.07, 6.45) is 1.51. The summed E-state index contributed by atoms with van der Waals surface area (Å²) in [6.45, 7) is 0. The Morgan fingerprint density at radius 2 is 1.76 bits per heavy atom. The minimum absolute atomic E-state index is 0.0213. The van der Waals surface area contributed by atoms with Crippen molar-refractivity contribution in [2.24, 2.45) is 0 Å². The third kappa shape index (κ3) is 3.00. The molecule has 2 rings (SSSR count). The Balaban J connectivity index is 2.40. The number of aromatic nitrogens is 1. The second kappa shape index (κ2) is 6.04. The maximum atomic E-state index is 11.4. The van der Waals surface area contributed by atoms with Crippen molar-refractivity contribution >= 4 is 11.9 Å². The van der Waals surface area contributed by atoms with Gasteiger partial charge < -0.3 is 14.6 Å². The van der Waals surface area contributed by atoms with E-state index < -0.39 is 11.9 Å². The molecule has 6 heteroatoms. The molecule has 1 aromatic carbocycles. The van der Waals surface area contributed by atoms with Gasteiger partial charge in [0, 0.05) is 11.8 Å².